The number of nitrogens with one attached hydrogen (secondary N) is 1. The average Bonchev–Trinajstić information content (AvgIpc) is 2.35. The quantitative estimate of drug-likeness (QED) is 0.784. The molecule has 0 fully saturated rings. The van der Waals surface area contributed by atoms with Crippen LogP contribution in [0.5, 0.6) is 5.88 Å². The van der Waals surface area contributed by atoms with Gasteiger partial charge in [0.05, 0.1) is 31.9 Å². The molecule has 100 valence electrons. The van der Waals surface area contributed by atoms with Crippen molar-refractivity contribution >= 4 is 5.91 Å². The molecule has 0 radical (unpaired) electrons. The van der Waals surface area contributed by atoms with Gasteiger partial charge in [0.25, 0.3) is 0 Å². The minimum absolute atomic E-state index is 0.0606. The summed E-state index contributed by atoms with van der Waals surface area (Å²) in [6, 6.07) is 5.07. The SMILES string of the molecule is COc1cccc(CC(=O)N[C@H](CO)C(C)C)n1. The van der Waals surface area contributed by atoms with Crippen molar-refractivity contribution in [2.75, 3.05) is 13.7 Å². The van der Waals surface area contributed by atoms with Crippen LogP contribution in [0.15, 0.2) is 18.2 Å². The second kappa shape index (κ2) is 6.96. The number of aliphatic hydroxyl groups is 1. The Bertz CT molecular complexity index is 394. The molecule has 1 rings (SSSR count). The molecular formula is C13H20N2O3. The summed E-state index contributed by atoms with van der Waals surface area (Å²) in [6.07, 6.45) is 0.181. The molecule has 1 aromatic heterocycles. The van der Waals surface area contributed by atoms with Gasteiger partial charge in [0, 0.05) is 6.07 Å². The first-order chi connectivity index (χ1) is 8.56. The summed E-state index contributed by atoms with van der Waals surface area (Å²) in [5.41, 5.74) is 0.646. The third-order valence-corrected chi connectivity index (χ3v) is 2.68. The van der Waals surface area contributed by atoms with Crippen LogP contribution >= 0.6 is 0 Å². The van der Waals surface area contributed by atoms with Crippen molar-refractivity contribution in [3.8, 4) is 5.88 Å². The van der Waals surface area contributed by atoms with Gasteiger partial charge < -0.3 is 15.2 Å². The van der Waals surface area contributed by atoms with E-state index in [0.717, 1.165) is 0 Å². The Labute approximate surface area is 107 Å². The van der Waals surface area contributed by atoms with Crippen LogP contribution in [0.3, 0.4) is 0 Å². The topological polar surface area (TPSA) is 71.5 Å². The number of carbonyl (C=O) groups excluding carboxylic acids is 1. The first-order valence-electron chi connectivity index (χ1n) is 5.97. The monoisotopic (exact) mass is 252 g/mol. The fourth-order valence-electron chi connectivity index (χ4n) is 1.52. The smallest absolute Gasteiger partial charge is 0.226 e. The summed E-state index contributed by atoms with van der Waals surface area (Å²) in [5, 5.41) is 11.9. The predicted molar refractivity (Wildman–Crippen MR) is 68.3 cm³/mol. The summed E-state index contributed by atoms with van der Waals surface area (Å²) < 4.78 is 4.99. The molecule has 0 saturated carbocycles. The molecule has 0 aliphatic rings. The van der Waals surface area contributed by atoms with Crippen molar-refractivity contribution in [1.29, 1.82) is 0 Å². The van der Waals surface area contributed by atoms with Gasteiger partial charge in [-0.1, -0.05) is 19.9 Å². The molecule has 5 heteroatoms. The highest BCUT2D eigenvalue weighted by Gasteiger charge is 2.15. The maximum atomic E-state index is 11.8. The number of rotatable bonds is 6. The Hall–Kier alpha value is -1.62. The molecule has 1 heterocycles. The maximum absolute atomic E-state index is 11.8. The van der Waals surface area contributed by atoms with E-state index in [0.29, 0.717) is 11.6 Å². The van der Waals surface area contributed by atoms with Crippen molar-refractivity contribution in [2.45, 2.75) is 26.3 Å². The molecule has 0 aromatic carbocycles. The van der Waals surface area contributed by atoms with Gasteiger partial charge in [-0.25, -0.2) is 4.98 Å². The van der Waals surface area contributed by atoms with Crippen LogP contribution < -0.4 is 10.1 Å². The molecule has 1 amide bonds. The first-order valence-corrected chi connectivity index (χ1v) is 5.97. The normalized spacial score (nSPS) is 12.3. The number of aromatic nitrogens is 1. The largest absolute Gasteiger partial charge is 0.481 e. The van der Waals surface area contributed by atoms with Crippen LogP contribution in [0, 0.1) is 5.92 Å². The first kappa shape index (κ1) is 14.4. The van der Waals surface area contributed by atoms with Crippen LogP contribution in [0.25, 0.3) is 0 Å². The molecule has 2 N–H and O–H groups in total. The lowest BCUT2D eigenvalue weighted by Gasteiger charge is -2.19. The predicted octanol–water partition coefficient (Wildman–Crippen LogP) is 0.766. The van der Waals surface area contributed by atoms with Crippen molar-refractivity contribution in [2.24, 2.45) is 5.92 Å². The average molecular weight is 252 g/mol. The Balaban J connectivity index is 2.58. The molecule has 0 aliphatic heterocycles. The van der Waals surface area contributed by atoms with Crippen LogP contribution in [0.1, 0.15) is 19.5 Å². The second-order valence-electron chi connectivity index (χ2n) is 4.45. The minimum atomic E-state index is -0.219. The van der Waals surface area contributed by atoms with E-state index in [-0.39, 0.29) is 30.9 Å². The van der Waals surface area contributed by atoms with Gasteiger partial charge in [-0.05, 0) is 12.0 Å². The van der Waals surface area contributed by atoms with Gasteiger partial charge in [-0.2, -0.15) is 0 Å². The number of hydrogen-bond acceptors (Lipinski definition) is 4. The zero-order valence-corrected chi connectivity index (χ0v) is 11.0. The molecule has 0 bridgehead atoms. The summed E-state index contributed by atoms with van der Waals surface area (Å²) in [6.45, 7) is 3.84. The Kier molecular flexibility index (Phi) is 5.58. The second-order valence-corrected chi connectivity index (χ2v) is 4.45. The zero-order valence-electron chi connectivity index (χ0n) is 11.0. The van der Waals surface area contributed by atoms with Crippen molar-refractivity contribution in [1.82, 2.24) is 10.3 Å². The van der Waals surface area contributed by atoms with Crippen LogP contribution in [0.4, 0.5) is 0 Å². The van der Waals surface area contributed by atoms with Crippen LogP contribution in [-0.4, -0.2) is 35.8 Å². The fourth-order valence-corrected chi connectivity index (χ4v) is 1.52. The maximum Gasteiger partial charge on any atom is 0.226 e. The van der Waals surface area contributed by atoms with Crippen molar-refractivity contribution < 1.29 is 14.6 Å². The van der Waals surface area contributed by atoms with E-state index in [1.807, 2.05) is 13.8 Å². The molecule has 0 saturated heterocycles. The van der Waals surface area contributed by atoms with Gasteiger partial charge in [-0.3, -0.25) is 4.79 Å². The van der Waals surface area contributed by atoms with Crippen LogP contribution in [-0.2, 0) is 11.2 Å². The number of nitrogens with zero attached hydrogens (tertiary/aromatic N) is 1. The van der Waals surface area contributed by atoms with Gasteiger partial charge >= 0.3 is 0 Å². The Morgan fingerprint density at radius 2 is 2.22 bits per heavy atom. The van der Waals surface area contributed by atoms with E-state index >= 15 is 0 Å². The van der Waals surface area contributed by atoms with E-state index in [1.54, 1.807) is 18.2 Å². The lowest BCUT2D eigenvalue weighted by Crippen LogP contribution is -2.41. The third kappa shape index (κ3) is 4.33. The molecule has 1 atom stereocenters. The number of hydrogen-bond donors (Lipinski definition) is 2. The van der Waals surface area contributed by atoms with E-state index in [4.69, 9.17) is 9.84 Å². The van der Waals surface area contributed by atoms with E-state index < -0.39 is 0 Å². The molecule has 18 heavy (non-hydrogen) atoms. The van der Waals surface area contributed by atoms with Crippen molar-refractivity contribution in [3.63, 3.8) is 0 Å². The number of aliphatic hydroxyl groups excluding tert-OH is 1. The van der Waals surface area contributed by atoms with E-state index in [9.17, 15) is 4.79 Å². The summed E-state index contributed by atoms with van der Waals surface area (Å²) in [5.74, 6) is 0.531. The number of carbonyl (C=O) groups is 1. The highest BCUT2D eigenvalue weighted by molar-refractivity contribution is 5.78. The van der Waals surface area contributed by atoms with Gasteiger partial charge in [0.1, 0.15) is 0 Å². The zero-order chi connectivity index (χ0) is 13.5. The summed E-state index contributed by atoms with van der Waals surface area (Å²) in [4.78, 5) is 15.9. The van der Waals surface area contributed by atoms with Gasteiger partial charge in [0.15, 0.2) is 0 Å². The fraction of sp³-hybridized carbons (Fsp3) is 0.538. The highest BCUT2D eigenvalue weighted by Crippen LogP contribution is 2.07. The lowest BCUT2D eigenvalue weighted by atomic mass is 10.1. The third-order valence-electron chi connectivity index (χ3n) is 2.68. The van der Waals surface area contributed by atoms with Gasteiger partial charge in [-0.15, -0.1) is 0 Å². The molecule has 5 nitrogen and oxygen atoms in total. The molecule has 1 aromatic rings. The molecule has 0 spiro atoms. The van der Waals surface area contributed by atoms with Crippen LogP contribution in [0.2, 0.25) is 0 Å². The molecular weight excluding hydrogens is 232 g/mol. The minimum Gasteiger partial charge on any atom is -0.481 e. The lowest BCUT2D eigenvalue weighted by molar-refractivity contribution is -0.121. The Morgan fingerprint density at radius 3 is 2.78 bits per heavy atom. The molecule has 0 aliphatic carbocycles. The van der Waals surface area contributed by atoms with E-state index in [2.05, 4.69) is 10.3 Å². The highest BCUT2D eigenvalue weighted by atomic mass is 16.5. The van der Waals surface area contributed by atoms with Crippen molar-refractivity contribution in [3.05, 3.63) is 23.9 Å². The summed E-state index contributed by atoms with van der Waals surface area (Å²) in [7, 11) is 1.53. The molecule has 0 unspecified atom stereocenters. The number of methoxy groups -OCH3 is 1. The number of pyridine rings is 1. The van der Waals surface area contributed by atoms with E-state index in [1.165, 1.54) is 7.11 Å². The summed E-state index contributed by atoms with van der Waals surface area (Å²) >= 11 is 0. The standard InChI is InChI=1S/C13H20N2O3/c1-9(2)11(8-16)15-12(17)7-10-5-4-6-13(14-10)18-3/h4-6,9,11,16H,7-8H2,1-3H3,(H,15,17)/t11-/m1/s1. The van der Waals surface area contributed by atoms with Gasteiger partial charge in [0.2, 0.25) is 11.8 Å². The number of amides is 1. The Morgan fingerprint density at radius 1 is 1.50 bits per heavy atom. The number of ether oxygens (including phenoxy) is 1.